The van der Waals surface area contributed by atoms with Crippen LogP contribution in [0.5, 0.6) is 0 Å². The van der Waals surface area contributed by atoms with Gasteiger partial charge in [0.05, 0.1) is 18.6 Å². The van der Waals surface area contributed by atoms with E-state index in [1.54, 1.807) is 58.9 Å². The van der Waals surface area contributed by atoms with E-state index in [0.29, 0.717) is 0 Å². The molecule has 0 aromatic carbocycles. The van der Waals surface area contributed by atoms with Crippen LogP contribution in [0.4, 0.5) is 4.79 Å². The van der Waals surface area contributed by atoms with E-state index in [-0.39, 0.29) is 6.61 Å². The highest BCUT2D eigenvalue weighted by Crippen LogP contribution is 2.32. The lowest BCUT2D eigenvalue weighted by Crippen LogP contribution is -3.14. The lowest BCUT2D eigenvalue weighted by Gasteiger charge is -2.46. The van der Waals surface area contributed by atoms with Crippen molar-refractivity contribution in [2.45, 2.75) is 77.5 Å². The molecular formula is C21H38N2O7Si. The van der Waals surface area contributed by atoms with E-state index in [0.717, 1.165) is 4.90 Å². The molecule has 0 bridgehead atoms. The highest BCUT2D eigenvalue weighted by Gasteiger charge is 2.51. The smallest absolute Gasteiger partial charge is 0.410 e. The van der Waals surface area contributed by atoms with Crippen LogP contribution in [0, 0.1) is 11.1 Å². The second kappa shape index (κ2) is 10.3. The lowest BCUT2D eigenvalue weighted by molar-refractivity contribution is -1.08. The van der Waals surface area contributed by atoms with Crippen molar-refractivity contribution < 1.29 is 33.9 Å². The number of amides is 1. The molecule has 0 saturated heterocycles. The number of ether oxygens (including phenoxy) is 2. The summed E-state index contributed by atoms with van der Waals surface area (Å²) in [7, 11) is -0.857. The van der Waals surface area contributed by atoms with Gasteiger partial charge in [-0.15, -0.1) is 0 Å². The van der Waals surface area contributed by atoms with Crippen LogP contribution in [0.25, 0.3) is 0 Å². The van der Waals surface area contributed by atoms with Crippen molar-refractivity contribution in [2.75, 3.05) is 13.7 Å². The largest absolute Gasteiger partial charge is 0.599 e. The molecule has 5 unspecified atom stereocenters. The Bertz CT molecular complexity index is 697. The topological polar surface area (TPSA) is 113 Å². The maximum absolute atomic E-state index is 13.1. The molecule has 0 aromatic heterocycles. The molecular weight excluding hydrogens is 420 g/mol. The number of hydrogen-bond acceptors (Lipinski definition) is 7. The van der Waals surface area contributed by atoms with Crippen molar-refractivity contribution >= 4 is 20.4 Å². The zero-order valence-electron chi connectivity index (χ0n) is 20.1. The van der Waals surface area contributed by atoms with Crippen LogP contribution in [0.3, 0.4) is 0 Å². The number of quaternary nitrogens is 1. The molecule has 0 radical (unpaired) electrons. The average molecular weight is 459 g/mol. The van der Waals surface area contributed by atoms with Gasteiger partial charge in [0.25, 0.3) is 0 Å². The standard InChI is InChI=1S/C21H38N2O7Si/c1-10-28-18(24)16(22(6)19(25)29-20(2,3)4)17(30-31(7,8)9)15-13-11-12-14-21(15,5)23(26)27/h11-17,23,26H,10H2,1-9H3. The highest BCUT2D eigenvalue weighted by molar-refractivity contribution is 6.69. The first-order valence-electron chi connectivity index (χ1n) is 10.4. The van der Waals surface area contributed by atoms with Gasteiger partial charge in [-0.25, -0.2) is 20.0 Å². The van der Waals surface area contributed by atoms with Crippen molar-refractivity contribution in [3.05, 3.63) is 29.5 Å². The fourth-order valence-electron chi connectivity index (χ4n) is 3.35. The quantitative estimate of drug-likeness (QED) is 0.326. The van der Waals surface area contributed by atoms with Gasteiger partial charge in [0, 0.05) is 7.05 Å². The van der Waals surface area contributed by atoms with Crippen molar-refractivity contribution in [1.29, 1.82) is 0 Å². The van der Waals surface area contributed by atoms with E-state index in [2.05, 4.69) is 0 Å². The molecule has 1 aliphatic rings. The van der Waals surface area contributed by atoms with Crippen molar-refractivity contribution in [3.63, 3.8) is 0 Å². The SMILES string of the molecule is CCOC(=O)C(C(O[Si](C)(C)C)C1C=CC=CC1(C)[NH+]([O-])O)N(C)C(=O)OC(C)(C)C. The molecule has 178 valence electrons. The number of hydroxylamine groups is 2. The normalized spacial score (nSPS) is 24.3. The summed E-state index contributed by atoms with van der Waals surface area (Å²) in [4.78, 5) is 27.1. The first-order valence-corrected chi connectivity index (χ1v) is 13.8. The van der Waals surface area contributed by atoms with Crippen LogP contribution >= 0.6 is 0 Å². The molecule has 1 amide bonds. The third-order valence-corrected chi connectivity index (χ3v) is 5.79. The number of esters is 1. The van der Waals surface area contributed by atoms with Gasteiger partial charge < -0.3 is 19.1 Å². The van der Waals surface area contributed by atoms with Crippen molar-refractivity contribution in [1.82, 2.24) is 4.90 Å². The average Bonchev–Trinajstić information content (AvgIpc) is 2.59. The number of carbonyl (C=O) groups is 2. The number of carbonyl (C=O) groups excluding carboxylic acids is 2. The molecule has 5 atom stereocenters. The molecule has 2 N–H and O–H groups in total. The van der Waals surface area contributed by atoms with Gasteiger partial charge in [-0.05, 0) is 60.3 Å². The second-order valence-electron chi connectivity index (χ2n) is 9.84. The molecule has 9 nitrogen and oxygen atoms in total. The predicted octanol–water partition coefficient (Wildman–Crippen LogP) is 2.28. The summed E-state index contributed by atoms with van der Waals surface area (Å²) >= 11 is 0. The number of allylic oxidation sites excluding steroid dienone is 2. The van der Waals surface area contributed by atoms with Gasteiger partial charge >= 0.3 is 12.1 Å². The van der Waals surface area contributed by atoms with Gasteiger partial charge in [-0.3, -0.25) is 4.90 Å². The number of nitrogens with one attached hydrogen (secondary N) is 1. The Morgan fingerprint density at radius 1 is 1.29 bits per heavy atom. The van der Waals surface area contributed by atoms with Crippen LogP contribution in [0.15, 0.2) is 24.3 Å². The van der Waals surface area contributed by atoms with Crippen LogP contribution in [-0.4, -0.2) is 67.4 Å². The fourth-order valence-corrected chi connectivity index (χ4v) is 4.44. The summed E-state index contributed by atoms with van der Waals surface area (Å²) in [5, 5.41) is 21.2. The minimum absolute atomic E-state index is 0.105. The maximum atomic E-state index is 13.1. The molecule has 0 saturated carbocycles. The summed E-state index contributed by atoms with van der Waals surface area (Å²) < 4.78 is 17.1. The Labute approximate surface area is 186 Å². The molecule has 1 aliphatic carbocycles. The number of rotatable bonds is 8. The van der Waals surface area contributed by atoms with E-state index >= 15 is 0 Å². The Hall–Kier alpha value is -1.72. The molecule has 0 fully saturated rings. The minimum Gasteiger partial charge on any atom is -0.599 e. The van der Waals surface area contributed by atoms with Crippen molar-refractivity contribution in [3.8, 4) is 0 Å². The summed E-state index contributed by atoms with van der Waals surface area (Å²) in [5.74, 6) is -1.39. The molecule has 1 rings (SSSR count). The Kier molecular flexibility index (Phi) is 9.04. The van der Waals surface area contributed by atoms with E-state index in [1.807, 2.05) is 19.6 Å². The van der Waals surface area contributed by atoms with Gasteiger partial charge in [0.1, 0.15) is 5.60 Å². The Balaban J connectivity index is 3.55. The first kappa shape index (κ1) is 27.3. The number of hydrogen-bond donors (Lipinski definition) is 2. The van der Waals surface area contributed by atoms with Crippen LogP contribution in [-0.2, 0) is 18.7 Å². The molecule has 0 spiro atoms. The third-order valence-electron chi connectivity index (χ3n) is 4.81. The van der Waals surface area contributed by atoms with E-state index in [1.165, 1.54) is 7.05 Å². The number of likely N-dealkylation sites (N-methyl/N-ethyl adjacent to an activating group) is 1. The van der Waals surface area contributed by atoms with E-state index in [4.69, 9.17) is 13.9 Å². The Morgan fingerprint density at radius 3 is 2.32 bits per heavy atom. The zero-order valence-corrected chi connectivity index (χ0v) is 21.1. The van der Waals surface area contributed by atoms with Gasteiger partial charge in [0.2, 0.25) is 0 Å². The van der Waals surface area contributed by atoms with E-state index in [9.17, 15) is 20.0 Å². The monoisotopic (exact) mass is 458 g/mol. The summed E-state index contributed by atoms with van der Waals surface area (Å²) in [6, 6.07) is -1.19. The summed E-state index contributed by atoms with van der Waals surface area (Å²) in [6.45, 7) is 14.4. The van der Waals surface area contributed by atoms with Crippen molar-refractivity contribution in [2.24, 2.45) is 5.92 Å². The Morgan fingerprint density at radius 2 is 1.87 bits per heavy atom. The first-order chi connectivity index (χ1) is 14.0. The van der Waals surface area contributed by atoms with Crippen LogP contribution in [0.2, 0.25) is 19.6 Å². The number of nitrogens with zero attached hydrogens (tertiary/aromatic N) is 1. The van der Waals surface area contributed by atoms with Crippen LogP contribution < -0.4 is 5.23 Å². The maximum Gasteiger partial charge on any atom is 0.410 e. The van der Waals surface area contributed by atoms with Crippen LogP contribution in [0.1, 0.15) is 34.6 Å². The van der Waals surface area contributed by atoms with Gasteiger partial charge in [-0.2, -0.15) is 0 Å². The third kappa shape index (κ3) is 7.43. The molecule has 10 heteroatoms. The molecule has 0 heterocycles. The molecule has 31 heavy (non-hydrogen) atoms. The van der Waals surface area contributed by atoms with Gasteiger partial charge in [0.15, 0.2) is 19.9 Å². The second-order valence-corrected chi connectivity index (χ2v) is 14.3. The fraction of sp³-hybridized carbons (Fsp3) is 0.714. The zero-order chi connectivity index (χ0) is 24.2. The summed E-state index contributed by atoms with van der Waals surface area (Å²) in [6.07, 6.45) is 5.01. The molecule has 0 aromatic rings. The molecule has 0 aliphatic heterocycles. The highest BCUT2D eigenvalue weighted by atomic mass is 28.4. The van der Waals surface area contributed by atoms with Gasteiger partial charge in [-0.1, -0.05) is 18.2 Å². The summed E-state index contributed by atoms with van der Waals surface area (Å²) in [5.41, 5.74) is -2.11. The van der Waals surface area contributed by atoms with E-state index < -0.39 is 54.8 Å². The minimum atomic E-state index is -2.30. The predicted molar refractivity (Wildman–Crippen MR) is 119 cm³/mol. The lowest BCUT2D eigenvalue weighted by atomic mass is 9.76.